The van der Waals surface area contributed by atoms with Crippen LogP contribution >= 0.6 is 0 Å². The molecule has 2 aromatic carbocycles. The van der Waals surface area contributed by atoms with Crippen molar-refractivity contribution in [2.24, 2.45) is 5.92 Å². The first kappa shape index (κ1) is 24.0. The quantitative estimate of drug-likeness (QED) is 0.577. The predicted molar refractivity (Wildman–Crippen MR) is 123 cm³/mol. The number of aliphatic hydroxyl groups excluding tert-OH is 1. The Morgan fingerprint density at radius 3 is 2.50 bits per heavy atom. The molecule has 0 bridgehead atoms. The van der Waals surface area contributed by atoms with E-state index in [0.717, 1.165) is 23.6 Å². The van der Waals surface area contributed by atoms with E-state index in [0.29, 0.717) is 18.7 Å². The van der Waals surface area contributed by atoms with Gasteiger partial charge in [-0.2, -0.15) is 0 Å². The van der Waals surface area contributed by atoms with E-state index in [9.17, 15) is 9.90 Å². The molecule has 1 N–H and O–H groups in total. The maximum Gasteiger partial charge on any atom is 0.254 e. The molecule has 1 aliphatic rings. The van der Waals surface area contributed by atoms with Crippen molar-refractivity contribution in [1.82, 2.24) is 9.80 Å². The molecule has 7 heteroatoms. The first-order valence-electron chi connectivity index (χ1n) is 11.0. The molecule has 174 valence electrons. The van der Waals surface area contributed by atoms with Gasteiger partial charge in [-0.3, -0.25) is 9.69 Å². The van der Waals surface area contributed by atoms with Crippen LogP contribution < -0.4 is 9.47 Å². The van der Waals surface area contributed by atoms with E-state index in [1.54, 1.807) is 24.1 Å². The number of carbonyl (C=O) groups is 1. The van der Waals surface area contributed by atoms with Crippen LogP contribution in [0.2, 0.25) is 0 Å². The molecule has 1 amide bonds. The molecular formula is C25H34N2O5. The summed E-state index contributed by atoms with van der Waals surface area (Å²) >= 11 is 0. The largest absolute Gasteiger partial charge is 0.454 e. The number of hydrogen-bond donors (Lipinski definition) is 1. The van der Waals surface area contributed by atoms with Crippen LogP contribution in [0, 0.1) is 5.92 Å². The number of benzene rings is 2. The Hall–Kier alpha value is -2.61. The highest BCUT2D eigenvalue weighted by molar-refractivity contribution is 5.94. The summed E-state index contributed by atoms with van der Waals surface area (Å²) in [6, 6.07) is 14.9. The molecule has 32 heavy (non-hydrogen) atoms. The SMILES string of the molecule is CO[C@H](CN(C)Cc1ccc2c(c1)OCO2)[C@@H](C)CN(C(=O)c1ccccc1)[C@H](C)CO. The van der Waals surface area contributed by atoms with Gasteiger partial charge in [0.25, 0.3) is 5.91 Å². The Labute approximate surface area is 190 Å². The third kappa shape index (κ3) is 6.00. The molecule has 7 nitrogen and oxygen atoms in total. The molecule has 3 rings (SSSR count). The van der Waals surface area contributed by atoms with E-state index >= 15 is 0 Å². The van der Waals surface area contributed by atoms with Gasteiger partial charge in [0.05, 0.1) is 18.8 Å². The fourth-order valence-electron chi connectivity index (χ4n) is 3.95. The van der Waals surface area contributed by atoms with Crippen LogP contribution in [0.3, 0.4) is 0 Å². The highest BCUT2D eigenvalue weighted by atomic mass is 16.7. The van der Waals surface area contributed by atoms with Crippen LogP contribution in [0.4, 0.5) is 0 Å². The van der Waals surface area contributed by atoms with Crippen molar-refractivity contribution in [3.63, 3.8) is 0 Å². The minimum Gasteiger partial charge on any atom is -0.454 e. The van der Waals surface area contributed by atoms with Crippen molar-refractivity contribution in [1.29, 1.82) is 0 Å². The van der Waals surface area contributed by atoms with E-state index in [-0.39, 0.29) is 37.4 Å². The minimum atomic E-state index is -0.283. The Bertz CT molecular complexity index is 876. The number of carbonyl (C=O) groups excluding carboxylic acids is 1. The molecular weight excluding hydrogens is 408 g/mol. The molecule has 0 saturated carbocycles. The lowest BCUT2D eigenvalue weighted by molar-refractivity contribution is 0.0106. The highest BCUT2D eigenvalue weighted by Gasteiger charge is 2.27. The van der Waals surface area contributed by atoms with Gasteiger partial charge in [-0.15, -0.1) is 0 Å². The summed E-state index contributed by atoms with van der Waals surface area (Å²) in [5.41, 5.74) is 1.75. The van der Waals surface area contributed by atoms with Crippen LogP contribution in [-0.2, 0) is 11.3 Å². The average molecular weight is 443 g/mol. The zero-order valence-electron chi connectivity index (χ0n) is 19.4. The fraction of sp³-hybridized carbons (Fsp3) is 0.480. The monoisotopic (exact) mass is 442 g/mol. The summed E-state index contributed by atoms with van der Waals surface area (Å²) in [6.07, 6.45) is -0.0778. The fourth-order valence-corrected chi connectivity index (χ4v) is 3.95. The van der Waals surface area contributed by atoms with E-state index in [1.165, 1.54) is 0 Å². The number of nitrogens with zero attached hydrogens (tertiary/aromatic N) is 2. The molecule has 0 saturated heterocycles. The molecule has 1 aliphatic heterocycles. The number of amides is 1. The number of rotatable bonds is 11. The third-order valence-electron chi connectivity index (χ3n) is 5.88. The standard InChI is InChI=1S/C25H34N2O5/c1-18(13-27(19(2)16-28)25(29)21-8-6-5-7-9-21)24(30-4)15-26(3)14-20-10-11-22-23(12-20)32-17-31-22/h5-12,18-19,24,28H,13-17H2,1-4H3/t18-,19+,24+/m0/s1. The molecule has 1 heterocycles. The summed E-state index contributed by atoms with van der Waals surface area (Å²) in [4.78, 5) is 17.0. The topological polar surface area (TPSA) is 71.5 Å². The molecule has 0 fully saturated rings. The maximum absolute atomic E-state index is 13.1. The molecule has 3 atom stereocenters. The summed E-state index contributed by atoms with van der Waals surface area (Å²) in [7, 11) is 3.75. The second-order valence-electron chi connectivity index (χ2n) is 8.49. The average Bonchev–Trinajstić information content (AvgIpc) is 3.28. The molecule has 0 aromatic heterocycles. The number of hydrogen-bond acceptors (Lipinski definition) is 6. The Balaban J connectivity index is 1.62. The summed E-state index contributed by atoms with van der Waals surface area (Å²) in [5, 5.41) is 9.73. The molecule has 2 aromatic rings. The van der Waals surface area contributed by atoms with Crippen LogP contribution in [-0.4, -0.2) is 73.6 Å². The van der Waals surface area contributed by atoms with Crippen molar-refractivity contribution in [2.45, 2.75) is 32.5 Å². The van der Waals surface area contributed by atoms with E-state index < -0.39 is 0 Å². The van der Waals surface area contributed by atoms with Crippen LogP contribution in [0.25, 0.3) is 0 Å². The van der Waals surface area contributed by atoms with E-state index in [1.807, 2.05) is 50.4 Å². The molecule has 0 spiro atoms. The predicted octanol–water partition coefficient (Wildman–Crippen LogP) is 3.02. The van der Waals surface area contributed by atoms with E-state index in [4.69, 9.17) is 14.2 Å². The van der Waals surface area contributed by atoms with Crippen molar-refractivity contribution in [2.75, 3.05) is 40.6 Å². The van der Waals surface area contributed by atoms with Gasteiger partial charge in [0.2, 0.25) is 6.79 Å². The number of aliphatic hydroxyl groups is 1. The second kappa shape index (κ2) is 11.3. The van der Waals surface area contributed by atoms with Gasteiger partial charge >= 0.3 is 0 Å². The lowest BCUT2D eigenvalue weighted by Crippen LogP contribution is -2.47. The van der Waals surface area contributed by atoms with E-state index in [2.05, 4.69) is 11.8 Å². The molecule has 0 unspecified atom stereocenters. The summed E-state index contributed by atoms with van der Waals surface area (Å²) < 4.78 is 16.7. The number of fused-ring (bicyclic) bond motifs is 1. The third-order valence-corrected chi connectivity index (χ3v) is 5.88. The molecule has 0 radical (unpaired) electrons. The van der Waals surface area contributed by atoms with Crippen LogP contribution in [0.1, 0.15) is 29.8 Å². The highest BCUT2D eigenvalue weighted by Crippen LogP contribution is 2.32. The number of ether oxygens (including phenoxy) is 3. The summed E-state index contributed by atoms with van der Waals surface area (Å²) in [5.74, 6) is 1.55. The van der Waals surface area contributed by atoms with Crippen LogP contribution in [0.5, 0.6) is 11.5 Å². The maximum atomic E-state index is 13.1. The first-order chi connectivity index (χ1) is 15.4. The van der Waals surface area contributed by atoms with Crippen molar-refractivity contribution in [3.8, 4) is 11.5 Å². The van der Waals surface area contributed by atoms with Gasteiger partial charge in [-0.25, -0.2) is 0 Å². The lowest BCUT2D eigenvalue weighted by atomic mass is 10.0. The van der Waals surface area contributed by atoms with Crippen molar-refractivity contribution >= 4 is 5.91 Å². The lowest BCUT2D eigenvalue weighted by Gasteiger charge is -2.34. The van der Waals surface area contributed by atoms with Gasteiger partial charge in [-0.1, -0.05) is 31.2 Å². The molecule has 0 aliphatic carbocycles. The van der Waals surface area contributed by atoms with Gasteiger partial charge in [0, 0.05) is 38.2 Å². The van der Waals surface area contributed by atoms with Crippen molar-refractivity contribution < 1.29 is 24.1 Å². The van der Waals surface area contributed by atoms with Gasteiger partial charge in [-0.05, 0) is 43.8 Å². The zero-order valence-corrected chi connectivity index (χ0v) is 19.4. The number of methoxy groups -OCH3 is 1. The smallest absolute Gasteiger partial charge is 0.254 e. The summed E-state index contributed by atoms with van der Waals surface area (Å²) in [6.45, 7) is 6.05. The number of likely N-dealkylation sites (N-methyl/N-ethyl adjacent to an activating group) is 1. The van der Waals surface area contributed by atoms with Gasteiger partial charge in [0.15, 0.2) is 11.5 Å². The minimum absolute atomic E-state index is 0.0702. The zero-order chi connectivity index (χ0) is 23.1. The first-order valence-corrected chi connectivity index (χ1v) is 11.0. The Kier molecular flexibility index (Phi) is 8.50. The normalized spacial score (nSPS) is 15.4. The Morgan fingerprint density at radius 1 is 1.09 bits per heavy atom. The van der Waals surface area contributed by atoms with Gasteiger partial charge < -0.3 is 24.2 Å². The second-order valence-corrected chi connectivity index (χ2v) is 8.49. The Morgan fingerprint density at radius 2 is 1.81 bits per heavy atom. The van der Waals surface area contributed by atoms with Gasteiger partial charge in [0.1, 0.15) is 0 Å². The van der Waals surface area contributed by atoms with Crippen molar-refractivity contribution in [3.05, 3.63) is 59.7 Å². The van der Waals surface area contributed by atoms with Crippen LogP contribution in [0.15, 0.2) is 48.5 Å².